The van der Waals surface area contributed by atoms with Gasteiger partial charge in [-0.05, 0) is 69.9 Å². The first-order valence-corrected chi connectivity index (χ1v) is 14.0. The van der Waals surface area contributed by atoms with Gasteiger partial charge in [-0.1, -0.05) is 23.4 Å². The summed E-state index contributed by atoms with van der Waals surface area (Å²) in [5.41, 5.74) is 6.94. The van der Waals surface area contributed by atoms with Gasteiger partial charge in [-0.2, -0.15) is 0 Å². The molecule has 2 aliphatic rings. The van der Waals surface area contributed by atoms with Crippen molar-refractivity contribution >= 4 is 17.0 Å². The van der Waals surface area contributed by atoms with Crippen LogP contribution in [0.15, 0.2) is 59.4 Å². The quantitative estimate of drug-likeness (QED) is 0.261. The molecule has 5 heterocycles. The number of fused-ring (bicyclic) bond motifs is 1. The molecule has 2 atom stereocenters. The molecule has 1 N–H and O–H groups in total. The van der Waals surface area contributed by atoms with Gasteiger partial charge in [0.1, 0.15) is 11.4 Å². The molecule has 8 nitrogen and oxygen atoms in total. The zero-order valence-electron chi connectivity index (χ0n) is 23.2. The molecular weight excluding hydrogens is 524 g/mol. The number of para-hydroxylation sites is 1. The third kappa shape index (κ3) is 4.56. The average molecular weight is 556 g/mol. The number of halogens is 2. The fraction of sp³-hybridized carbons (Fsp3) is 0.355. The van der Waals surface area contributed by atoms with Crippen molar-refractivity contribution in [1.82, 2.24) is 29.6 Å². The Morgan fingerprint density at radius 3 is 2.54 bits per heavy atom. The maximum Gasteiger partial charge on any atom is 0.272 e. The van der Waals surface area contributed by atoms with Crippen LogP contribution < -0.4 is 5.32 Å². The molecule has 2 fully saturated rings. The minimum Gasteiger partial charge on any atom is -0.361 e. The van der Waals surface area contributed by atoms with Crippen molar-refractivity contribution in [2.45, 2.75) is 58.0 Å². The van der Waals surface area contributed by atoms with Crippen LogP contribution in [0.2, 0.25) is 0 Å². The van der Waals surface area contributed by atoms with Gasteiger partial charge < -0.3 is 14.4 Å². The standard InChI is InChI=1S/C31H31F2N7O/c1-18-14-34-30(36-24-10-7-11-26(24)39-16-31(32,33)17-39)37-28(18)23-15-40(21-8-5-4-6-9-21)29-22(23)12-13-25(35-29)27-19(2)38-41-20(27)3/h4-6,8-9,12-15,24,26H,7,10-11,16-17H2,1-3H3,(H,34,36,37)/t24-,26+/m0/s1. The van der Waals surface area contributed by atoms with Gasteiger partial charge >= 0.3 is 0 Å². The van der Waals surface area contributed by atoms with E-state index in [2.05, 4.69) is 32.3 Å². The summed E-state index contributed by atoms with van der Waals surface area (Å²) in [4.78, 5) is 16.5. The van der Waals surface area contributed by atoms with Gasteiger partial charge in [0.2, 0.25) is 5.95 Å². The van der Waals surface area contributed by atoms with Gasteiger partial charge in [-0.15, -0.1) is 0 Å². The number of alkyl halides is 2. The minimum absolute atomic E-state index is 0.0339. The first-order chi connectivity index (χ1) is 19.8. The number of rotatable bonds is 6. The summed E-state index contributed by atoms with van der Waals surface area (Å²) in [6.07, 6.45) is 6.69. The van der Waals surface area contributed by atoms with E-state index in [0.29, 0.717) is 5.95 Å². The zero-order chi connectivity index (χ0) is 28.3. The normalized spacial score (nSPS) is 20.4. The van der Waals surface area contributed by atoms with Crippen LogP contribution in [0, 0.1) is 20.8 Å². The Bertz CT molecular complexity index is 1720. The molecule has 1 saturated heterocycles. The molecule has 10 heteroatoms. The predicted molar refractivity (Wildman–Crippen MR) is 153 cm³/mol. The lowest BCUT2D eigenvalue weighted by Crippen LogP contribution is -2.62. The number of nitrogens with zero attached hydrogens (tertiary/aromatic N) is 6. The molecule has 0 radical (unpaired) electrons. The van der Waals surface area contributed by atoms with Crippen molar-refractivity contribution in [2.75, 3.05) is 18.4 Å². The highest BCUT2D eigenvalue weighted by molar-refractivity contribution is 5.96. The number of hydrogen-bond acceptors (Lipinski definition) is 7. The number of anilines is 1. The van der Waals surface area contributed by atoms with Gasteiger partial charge in [0.15, 0.2) is 0 Å². The Morgan fingerprint density at radius 2 is 1.80 bits per heavy atom. The summed E-state index contributed by atoms with van der Waals surface area (Å²) in [6, 6.07) is 14.3. The van der Waals surface area contributed by atoms with E-state index in [9.17, 15) is 8.78 Å². The zero-order valence-corrected chi connectivity index (χ0v) is 23.2. The molecule has 5 aromatic rings. The van der Waals surface area contributed by atoms with E-state index in [0.717, 1.165) is 75.5 Å². The Labute approximate surface area is 236 Å². The molecule has 4 aromatic heterocycles. The van der Waals surface area contributed by atoms with Crippen molar-refractivity contribution < 1.29 is 13.3 Å². The van der Waals surface area contributed by atoms with Gasteiger partial charge in [0.05, 0.1) is 35.7 Å². The molecular formula is C31H31F2N7O. The van der Waals surface area contributed by atoms with Crippen LogP contribution in [-0.4, -0.2) is 60.7 Å². The summed E-state index contributed by atoms with van der Waals surface area (Å²) < 4.78 is 34.6. The maximum absolute atomic E-state index is 13.6. The number of aryl methyl sites for hydroxylation is 3. The average Bonchev–Trinajstić information content (AvgIpc) is 3.65. The van der Waals surface area contributed by atoms with Gasteiger partial charge in [-0.25, -0.2) is 23.7 Å². The van der Waals surface area contributed by atoms with Crippen molar-refractivity contribution in [3.05, 3.63) is 71.9 Å². The van der Waals surface area contributed by atoms with Gasteiger partial charge in [0.25, 0.3) is 5.92 Å². The van der Waals surface area contributed by atoms with E-state index in [1.165, 1.54) is 0 Å². The lowest BCUT2D eigenvalue weighted by Gasteiger charge is -2.44. The number of hydrogen-bond donors (Lipinski definition) is 1. The SMILES string of the molecule is Cc1cnc(N[C@H]2CCC[C@H]2N2CC(F)(F)C2)nc1-c1cn(-c2ccccc2)c2nc(-c3c(C)noc3C)ccc12. The number of benzene rings is 1. The van der Waals surface area contributed by atoms with Gasteiger partial charge in [-0.3, -0.25) is 4.90 Å². The summed E-state index contributed by atoms with van der Waals surface area (Å²) in [7, 11) is 0. The lowest BCUT2D eigenvalue weighted by molar-refractivity contribution is -0.145. The van der Waals surface area contributed by atoms with Crippen LogP contribution in [-0.2, 0) is 0 Å². The van der Waals surface area contributed by atoms with E-state index in [-0.39, 0.29) is 25.2 Å². The van der Waals surface area contributed by atoms with E-state index in [4.69, 9.17) is 14.5 Å². The predicted octanol–water partition coefficient (Wildman–Crippen LogP) is 6.35. The minimum atomic E-state index is -2.58. The third-order valence-electron chi connectivity index (χ3n) is 8.33. The number of pyridine rings is 1. The third-order valence-corrected chi connectivity index (χ3v) is 8.33. The van der Waals surface area contributed by atoms with Crippen LogP contribution in [0.25, 0.3) is 39.2 Å². The number of likely N-dealkylation sites (tertiary alicyclic amines) is 1. The monoisotopic (exact) mass is 555 g/mol. The summed E-state index contributed by atoms with van der Waals surface area (Å²) in [5.74, 6) is -1.34. The molecule has 0 spiro atoms. The molecule has 41 heavy (non-hydrogen) atoms. The first-order valence-electron chi connectivity index (χ1n) is 14.0. The van der Waals surface area contributed by atoms with E-state index in [1.54, 1.807) is 0 Å². The second-order valence-corrected chi connectivity index (χ2v) is 11.3. The Kier molecular flexibility index (Phi) is 6.11. The van der Waals surface area contributed by atoms with E-state index < -0.39 is 5.92 Å². The summed E-state index contributed by atoms with van der Waals surface area (Å²) in [5, 5.41) is 8.56. The Morgan fingerprint density at radius 1 is 1.00 bits per heavy atom. The number of nitrogens with one attached hydrogen (secondary N) is 1. The highest BCUT2D eigenvalue weighted by Crippen LogP contribution is 2.37. The smallest absolute Gasteiger partial charge is 0.272 e. The van der Waals surface area contributed by atoms with Crippen LogP contribution in [0.5, 0.6) is 0 Å². The summed E-state index contributed by atoms with van der Waals surface area (Å²) in [6.45, 7) is 5.47. The molecule has 0 amide bonds. The fourth-order valence-electron chi connectivity index (χ4n) is 6.34. The first kappa shape index (κ1) is 25.8. The molecule has 1 aliphatic carbocycles. The topological polar surface area (TPSA) is 84.9 Å². The largest absolute Gasteiger partial charge is 0.361 e. The van der Waals surface area contributed by atoms with E-state index >= 15 is 0 Å². The van der Waals surface area contributed by atoms with Crippen LogP contribution in [0.3, 0.4) is 0 Å². The second-order valence-electron chi connectivity index (χ2n) is 11.3. The molecule has 1 aromatic carbocycles. The molecule has 0 bridgehead atoms. The van der Waals surface area contributed by atoms with Crippen molar-refractivity contribution in [1.29, 1.82) is 0 Å². The highest BCUT2D eigenvalue weighted by Gasteiger charge is 2.49. The van der Waals surface area contributed by atoms with Crippen LogP contribution in [0.1, 0.15) is 36.3 Å². The summed E-state index contributed by atoms with van der Waals surface area (Å²) >= 11 is 0. The van der Waals surface area contributed by atoms with Crippen LogP contribution in [0.4, 0.5) is 14.7 Å². The van der Waals surface area contributed by atoms with E-state index in [1.807, 2.05) is 68.3 Å². The maximum atomic E-state index is 13.6. The molecule has 7 rings (SSSR count). The molecule has 1 aliphatic heterocycles. The molecule has 210 valence electrons. The van der Waals surface area contributed by atoms with Crippen LogP contribution >= 0.6 is 0 Å². The fourth-order valence-corrected chi connectivity index (χ4v) is 6.34. The second kappa shape index (κ2) is 9.73. The van der Waals surface area contributed by atoms with Crippen molar-refractivity contribution in [3.63, 3.8) is 0 Å². The lowest BCUT2D eigenvalue weighted by atomic mass is 10.0. The molecule has 0 unspecified atom stereocenters. The highest BCUT2D eigenvalue weighted by atomic mass is 19.3. The van der Waals surface area contributed by atoms with Crippen molar-refractivity contribution in [3.8, 4) is 28.2 Å². The van der Waals surface area contributed by atoms with Crippen molar-refractivity contribution in [2.24, 2.45) is 0 Å². The Balaban J connectivity index is 1.29. The van der Waals surface area contributed by atoms with Gasteiger partial charge in [0, 0.05) is 41.1 Å². The number of aromatic nitrogens is 5. The molecule has 1 saturated carbocycles. The Hall–Kier alpha value is -4.18.